The maximum Gasteiger partial charge on any atom is 0.222 e. The van der Waals surface area contributed by atoms with E-state index in [0.717, 1.165) is 51.4 Å². The Bertz CT molecular complexity index is 1070. The van der Waals surface area contributed by atoms with Crippen LogP contribution in [0.5, 0.6) is 5.75 Å². The lowest BCUT2D eigenvalue weighted by molar-refractivity contribution is -0.136. The Morgan fingerprint density at radius 2 is 1.77 bits per heavy atom. The summed E-state index contributed by atoms with van der Waals surface area (Å²) in [6, 6.07) is 5.95. The summed E-state index contributed by atoms with van der Waals surface area (Å²) in [4.78, 5) is 15.6. The van der Waals surface area contributed by atoms with E-state index < -0.39 is 0 Å². The van der Waals surface area contributed by atoms with Crippen LogP contribution in [-0.2, 0) is 11.2 Å². The van der Waals surface area contributed by atoms with Crippen molar-refractivity contribution in [2.45, 2.75) is 128 Å². The molecule has 0 heterocycles. The Balaban J connectivity index is 1.33. The van der Waals surface area contributed by atoms with Crippen molar-refractivity contribution in [1.29, 1.82) is 0 Å². The average Bonchev–Trinajstić information content (AvgIpc) is 3.68. The molecule has 3 fully saturated rings. The van der Waals surface area contributed by atoms with Crippen molar-refractivity contribution in [3.63, 3.8) is 0 Å². The van der Waals surface area contributed by atoms with Crippen LogP contribution in [0.25, 0.3) is 0 Å². The number of aliphatic hydroxyl groups is 1. The van der Waals surface area contributed by atoms with Crippen LogP contribution in [0, 0.1) is 40.9 Å². The van der Waals surface area contributed by atoms with E-state index in [2.05, 4.69) is 30.7 Å². The van der Waals surface area contributed by atoms with Gasteiger partial charge in [-0.3, -0.25) is 4.79 Å². The van der Waals surface area contributed by atoms with Crippen molar-refractivity contribution >= 4 is 5.91 Å². The number of phenols is 1. The van der Waals surface area contributed by atoms with Gasteiger partial charge in [-0.1, -0.05) is 70.8 Å². The van der Waals surface area contributed by atoms with Crippen molar-refractivity contribution in [1.82, 2.24) is 4.90 Å². The summed E-state index contributed by atoms with van der Waals surface area (Å²) >= 11 is 0. The maximum absolute atomic E-state index is 13.6. The highest BCUT2D eigenvalue weighted by molar-refractivity contribution is 5.76. The van der Waals surface area contributed by atoms with Crippen molar-refractivity contribution in [2.24, 2.45) is 28.6 Å². The second-order valence-corrected chi connectivity index (χ2v) is 13.8. The number of benzene rings is 1. The van der Waals surface area contributed by atoms with E-state index in [1.54, 1.807) is 0 Å². The molecule has 0 radical (unpaired) electrons. The molecule has 7 atom stereocenters. The lowest BCUT2D eigenvalue weighted by atomic mass is 9.54. The van der Waals surface area contributed by atoms with Gasteiger partial charge in [-0.05, 0) is 91.4 Å². The highest BCUT2D eigenvalue weighted by atomic mass is 16.3. The topological polar surface area (TPSA) is 60.8 Å². The number of amides is 1. The number of phenolic OH excluding ortho intramolecular Hbond substituents is 1. The van der Waals surface area contributed by atoms with E-state index >= 15 is 0 Å². The molecule has 4 aliphatic rings. The summed E-state index contributed by atoms with van der Waals surface area (Å²) in [6.07, 6.45) is 21.9. The van der Waals surface area contributed by atoms with Gasteiger partial charge in [0, 0.05) is 30.8 Å². The zero-order valence-electron chi connectivity index (χ0n) is 24.6. The lowest BCUT2D eigenvalue weighted by Gasteiger charge is -2.54. The third-order valence-corrected chi connectivity index (χ3v) is 11.7. The number of rotatable bonds is 11. The zero-order chi connectivity index (χ0) is 27.8. The predicted octanol–water partition coefficient (Wildman–Crippen LogP) is 7.22. The maximum atomic E-state index is 13.6. The van der Waals surface area contributed by atoms with Crippen LogP contribution >= 0.6 is 0 Å². The number of hydrogen-bond acceptors (Lipinski definition) is 3. The van der Waals surface area contributed by atoms with Crippen LogP contribution in [-0.4, -0.2) is 40.2 Å². The van der Waals surface area contributed by atoms with Crippen LogP contribution in [0.15, 0.2) is 18.2 Å². The first kappa shape index (κ1) is 28.5. The minimum Gasteiger partial charge on any atom is -0.508 e. The number of aliphatic hydroxyl groups excluding tert-OH is 1. The summed E-state index contributed by atoms with van der Waals surface area (Å²) in [5, 5.41) is 22.0. The van der Waals surface area contributed by atoms with Crippen LogP contribution in [0.3, 0.4) is 0 Å². The molecule has 39 heavy (non-hydrogen) atoms. The quantitative estimate of drug-likeness (QED) is 0.233. The Morgan fingerprint density at radius 1 is 1.08 bits per heavy atom. The molecular weight excluding hydrogens is 482 g/mol. The highest BCUT2D eigenvalue weighted by Crippen LogP contribution is 2.68. The Kier molecular flexibility index (Phi) is 8.40. The van der Waals surface area contributed by atoms with Crippen molar-refractivity contribution in [2.75, 3.05) is 7.05 Å². The Morgan fingerprint density at radius 3 is 2.44 bits per heavy atom. The summed E-state index contributed by atoms with van der Waals surface area (Å²) < 4.78 is 0. The molecule has 5 rings (SSSR count). The first-order valence-corrected chi connectivity index (χ1v) is 16.0. The third-order valence-electron chi connectivity index (χ3n) is 11.7. The molecule has 3 unspecified atom stereocenters. The van der Waals surface area contributed by atoms with E-state index in [0.29, 0.717) is 29.9 Å². The van der Waals surface area contributed by atoms with Gasteiger partial charge < -0.3 is 15.1 Å². The number of carbonyl (C=O) groups excluding carboxylic acids is 1. The Hall–Kier alpha value is -1.99. The first-order valence-electron chi connectivity index (χ1n) is 16.0. The van der Waals surface area contributed by atoms with Crippen LogP contribution in [0.4, 0.5) is 0 Å². The minimum absolute atomic E-state index is 0.0856. The second kappa shape index (κ2) is 11.5. The van der Waals surface area contributed by atoms with Gasteiger partial charge >= 0.3 is 0 Å². The number of carbonyl (C=O) groups is 1. The van der Waals surface area contributed by atoms with Crippen LogP contribution in [0.2, 0.25) is 0 Å². The monoisotopic (exact) mass is 533 g/mol. The molecule has 1 amide bonds. The predicted molar refractivity (Wildman–Crippen MR) is 157 cm³/mol. The summed E-state index contributed by atoms with van der Waals surface area (Å²) in [7, 11) is 2.02. The fourth-order valence-electron chi connectivity index (χ4n) is 9.06. The van der Waals surface area contributed by atoms with E-state index in [-0.39, 0.29) is 34.8 Å². The van der Waals surface area contributed by atoms with Gasteiger partial charge in [-0.2, -0.15) is 0 Å². The zero-order valence-corrected chi connectivity index (χ0v) is 24.6. The molecule has 0 aliphatic heterocycles. The van der Waals surface area contributed by atoms with Gasteiger partial charge in [0.2, 0.25) is 5.91 Å². The van der Waals surface area contributed by atoms with Gasteiger partial charge in [0.05, 0.1) is 6.10 Å². The van der Waals surface area contributed by atoms with Crippen molar-refractivity contribution in [3.05, 3.63) is 29.3 Å². The standard InChI is InChI=1S/C35H51NO3/c1-5-7-8-9-10-11-12-13-14-31(38)36(4)30-22-24-21-25(37)15-16-26(24)27-17-18-34(3)28(32(27)30)23-29(33(34)39)35(6-2)19-20-35/h2,15-16,21,27-30,32-33,37,39H,5,7-14,17-20,22-23H2,1,3-4H3/t27?,28?,29-,30+,32?,33-,34-/m0/s1. The van der Waals surface area contributed by atoms with E-state index in [1.165, 1.54) is 49.7 Å². The first-order chi connectivity index (χ1) is 18.8. The molecule has 1 aromatic rings. The van der Waals surface area contributed by atoms with Gasteiger partial charge in [-0.15, -0.1) is 6.42 Å². The number of terminal acetylenes is 1. The van der Waals surface area contributed by atoms with Crippen molar-refractivity contribution < 1.29 is 15.0 Å². The number of fused-ring (bicyclic) bond motifs is 5. The molecule has 4 aliphatic carbocycles. The molecule has 3 saturated carbocycles. The highest BCUT2D eigenvalue weighted by Gasteiger charge is 2.65. The average molecular weight is 534 g/mol. The van der Waals surface area contributed by atoms with E-state index in [1.807, 2.05) is 19.2 Å². The third kappa shape index (κ3) is 5.26. The number of likely N-dealkylation sites (N-methyl/N-ethyl adjacent to an activating group) is 1. The SMILES string of the molecule is C#CC1([C@H]2CC3C4C(CC[C@]3(C)[C@H]2O)c2ccc(O)cc2C[C@H]4N(C)C(=O)CCCCCCCCCC)CC1. The molecule has 0 spiro atoms. The van der Waals surface area contributed by atoms with E-state index in [4.69, 9.17) is 6.42 Å². The second-order valence-electron chi connectivity index (χ2n) is 13.8. The molecule has 1 aromatic carbocycles. The fourth-order valence-corrected chi connectivity index (χ4v) is 9.06. The number of nitrogens with zero attached hydrogens (tertiary/aromatic N) is 1. The van der Waals surface area contributed by atoms with Crippen LogP contribution < -0.4 is 0 Å². The minimum atomic E-state index is -0.373. The smallest absolute Gasteiger partial charge is 0.222 e. The molecular formula is C35H51NO3. The largest absolute Gasteiger partial charge is 0.508 e. The molecule has 0 saturated heterocycles. The van der Waals surface area contributed by atoms with Gasteiger partial charge in [0.15, 0.2) is 0 Å². The number of unbranched alkanes of at least 4 members (excludes halogenated alkanes) is 7. The molecule has 2 N–H and O–H groups in total. The summed E-state index contributed by atoms with van der Waals surface area (Å²) in [6.45, 7) is 4.55. The molecule has 0 bridgehead atoms. The summed E-state index contributed by atoms with van der Waals surface area (Å²) in [5.41, 5.74) is 2.25. The molecule has 0 aromatic heterocycles. The van der Waals surface area contributed by atoms with Crippen LogP contribution in [0.1, 0.15) is 121 Å². The molecule has 214 valence electrons. The van der Waals surface area contributed by atoms with E-state index in [9.17, 15) is 15.0 Å². The fraction of sp³-hybridized carbons (Fsp3) is 0.743. The number of aromatic hydroxyl groups is 1. The number of hydrogen-bond donors (Lipinski definition) is 2. The molecule has 4 nitrogen and oxygen atoms in total. The lowest BCUT2D eigenvalue weighted by Crippen LogP contribution is -2.55. The summed E-state index contributed by atoms with van der Waals surface area (Å²) in [5.74, 6) is 4.81. The van der Waals surface area contributed by atoms with Gasteiger partial charge in [0.1, 0.15) is 5.75 Å². The normalized spacial score (nSPS) is 33.9. The van der Waals surface area contributed by atoms with Gasteiger partial charge in [-0.25, -0.2) is 0 Å². The molecule has 4 heteroatoms. The Labute approximate surface area is 237 Å². The van der Waals surface area contributed by atoms with Gasteiger partial charge in [0.25, 0.3) is 0 Å². The van der Waals surface area contributed by atoms with Crippen molar-refractivity contribution in [3.8, 4) is 18.1 Å².